The molecule has 10 heteroatoms. The normalized spacial score (nSPS) is 17.1. The van der Waals surface area contributed by atoms with Gasteiger partial charge in [-0.25, -0.2) is 9.78 Å². The first-order valence-electron chi connectivity index (χ1n) is 9.55. The van der Waals surface area contributed by atoms with Crippen molar-refractivity contribution in [3.05, 3.63) is 62.7 Å². The van der Waals surface area contributed by atoms with Gasteiger partial charge >= 0.3 is 12.2 Å². The van der Waals surface area contributed by atoms with E-state index < -0.39 is 17.8 Å². The number of aryl methyl sites for hydroxylation is 1. The first-order valence-corrected chi connectivity index (χ1v) is 10.4. The van der Waals surface area contributed by atoms with Crippen LogP contribution in [0.5, 0.6) is 0 Å². The maximum Gasteiger partial charge on any atom is 0.416 e. The quantitative estimate of drug-likeness (QED) is 0.522. The van der Waals surface area contributed by atoms with Crippen molar-refractivity contribution >= 4 is 23.2 Å². The van der Waals surface area contributed by atoms with Crippen LogP contribution < -0.4 is 5.32 Å². The minimum atomic E-state index is -4.41. The van der Waals surface area contributed by atoms with Crippen LogP contribution in [0.25, 0.3) is 0 Å². The highest BCUT2D eigenvalue weighted by atomic mass is 32.1. The zero-order chi connectivity index (χ0) is 22.9. The van der Waals surface area contributed by atoms with Crippen LogP contribution in [0, 0.1) is 6.92 Å². The number of hydrogen-bond donors (Lipinski definition) is 1. The molecule has 0 aliphatic carbocycles. The maximum absolute atomic E-state index is 12.8. The summed E-state index contributed by atoms with van der Waals surface area (Å²) in [5.41, 5.74) is 1.23. The molecule has 1 saturated heterocycles. The van der Waals surface area contributed by atoms with Crippen molar-refractivity contribution in [3.63, 3.8) is 0 Å². The van der Waals surface area contributed by atoms with Gasteiger partial charge in [0.25, 0.3) is 0 Å². The second-order valence-electron chi connectivity index (χ2n) is 7.54. The highest BCUT2D eigenvalue weighted by molar-refractivity contribution is 7.14. The molecule has 166 valence electrons. The molecule has 1 N–H and O–H groups in total. The van der Waals surface area contributed by atoms with Gasteiger partial charge in [0.05, 0.1) is 16.1 Å². The summed E-state index contributed by atoms with van der Waals surface area (Å²) < 4.78 is 38.3. The predicted molar refractivity (Wildman–Crippen MR) is 112 cm³/mol. The molecule has 1 aromatic carbocycles. The van der Waals surface area contributed by atoms with E-state index in [0.29, 0.717) is 27.7 Å². The first-order chi connectivity index (χ1) is 14.5. The monoisotopic (exact) mass is 452 g/mol. The van der Waals surface area contributed by atoms with Crippen LogP contribution in [0.4, 0.5) is 18.0 Å². The van der Waals surface area contributed by atoms with E-state index in [4.69, 9.17) is 0 Å². The lowest BCUT2D eigenvalue weighted by molar-refractivity contribution is -0.137. The fourth-order valence-corrected chi connectivity index (χ4v) is 4.20. The Bertz CT molecular complexity index is 1010. The molecule has 3 rings (SSSR count). The van der Waals surface area contributed by atoms with Gasteiger partial charge in [0, 0.05) is 39.0 Å². The number of urea groups is 1. The van der Waals surface area contributed by atoms with E-state index >= 15 is 0 Å². The third-order valence-corrected chi connectivity index (χ3v) is 6.36. The average Bonchev–Trinajstić information content (AvgIpc) is 3.24. The van der Waals surface area contributed by atoms with Gasteiger partial charge in [0.15, 0.2) is 5.78 Å². The Balaban J connectivity index is 1.82. The number of carbonyl (C=O) groups is 2. The van der Waals surface area contributed by atoms with E-state index in [1.54, 1.807) is 13.0 Å². The summed E-state index contributed by atoms with van der Waals surface area (Å²) in [7, 11) is 3.69. The number of nitrogens with zero attached hydrogens (tertiary/aromatic N) is 3. The standard InChI is InChI=1S/C21H23F3N4O2S/c1-12(27(3)4)9-17(29)18-13(2)26-19(31-18)16-10-25-20(30)28(16)11-14-5-7-15(8-6-14)21(22,23)24/h5-9,16H,10-11H2,1-4H3,(H,25,30). The number of hydrogen-bond acceptors (Lipinski definition) is 5. The average molecular weight is 453 g/mol. The third-order valence-electron chi connectivity index (χ3n) is 5.09. The van der Waals surface area contributed by atoms with Crippen LogP contribution in [0.1, 0.15) is 44.5 Å². The summed E-state index contributed by atoms with van der Waals surface area (Å²) >= 11 is 1.23. The smallest absolute Gasteiger partial charge is 0.381 e. The van der Waals surface area contributed by atoms with Crippen molar-refractivity contribution in [2.24, 2.45) is 0 Å². The van der Waals surface area contributed by atoms with Gasteiger partial charge < -0.3 is 15.1 Å². The number of allylic oxidation sites excluding steroid dienone is 2. The molecule has 1 unspecified atom stereocenters. The molecule has 2 heterocycles. The van der Waals surface area contributed by atoms with E-state index in [-0.39, 0.29) is 18.4 Å². The molecular weight excluding hydrogens is 429 g/mol. The Kier molecular flexibility index (Phi) is 6.40. The Morgan fingerprint density at radius 2 is 1.97 bits per heavy atom. The number of carbonyl (C=O) groups excluding carboxylic acids is 2. The number of amides is 2. The van der Waals surface area contributed by atoms with Gasteiger partial charge in [-0.05, 0) is 31.5 Å². The van der Waals surface area contributed by atoms with Crippen LogP contribution >= 0.6 is 11.3 Å². The number of rotatable bonds is 6. The lowest BCUT2D eigenvalue weighted by Crippen LogP contribution is -2.29. The summed E-state index contributed by atoms with van der Waals surface area (Å²) in [5, 5.41) is 3.36. The zero-order valence-electron chi connectivity index (χ0n) is 17.6. The molecule has 1 atom stereocenters. The number of ketones is 1. The molecule has 0 bridgehead atoms. The molecule has 2 aromatic rings. The molecule has 31 heavy (non-hydrogen) atoms. The van der Waals surface area contributed by atoms with Gasteiger partial charge in [0.2, 0.25) is 0 Å². The molecule has 0 radical (unpaired) electrons. The van der Waals surface area contributed by atoms with Crippen LogP contribution in [0.2, 0.25) is 0 Å². The molecule has 2 amide bonds. The van der Waals surface area contributed by atoms with E-state index in [1.165, 1.54) is 28.4 Å². The highest BCUT2D eigenvalue weighted by Gasteiger charge is 2.35. The van der Waals surface area contributed by atoms with Gasteiger partial charge in [0.1, 0.15) is 11.0 Å². The summed E-state index contributed by atoms with van der Waals surface area (Å²) in [6.07, 6.45) is -2.87. The van der Waals surface area contributed by atoms with Crippen molar-refractivity contribution in [1.29, 1.82) is 0 Å². The van der Waals surface area contributed by atoms with Crippen molar-refractivity contribution in [2.75, 3.05) is 20.6 Å². The van der Waals surface area contributed by atoms with Crippen molar-refractivity contribution in [2.45, 2.75) is 32.6 Å². The van der Waals surface area contributed by atoms with E-state index in [0.717, 1.165) is 17.8 Å². The van der Waals surface area contributed by atoms with Crippen LogP contribution in [-0.4, -0.2) is 47.2 Å². The number of alkyl halides is 3. The maximum atomic E-state index is 12.8. The zero-order valence-corrected chi connectivity index (χ0v) is 18.4. The Morgan fingerprint density at radius 1 is 1.32 bits per heavy atom. The summed E-state index contributed by atoms with van der Waals surface area (Å²) in [4.78, 5) is 33.4. The summed E-state index contributed by atoms with van der Waals surface area (Å²) in [6.45, 7) is 4.03. The minimum absolute atomic E-state index is 0.135. The van der Waals surface area contributed by atoms with Crippen molar-refractivity contribution < 1.29 is 22.8 Å². The lowest BCUT2D eigenvalue weighted by Gasteiger charge is -2.21. The van der Waals surface area contributed by atoms with Gasteiger partial charge in [-0.15, -0.1) is 11.3 Å². The molecule has 1 aliphatic heterocycles. The summed E-state index contributed by atoms with van der Waals surface area (Å²) in [5.74, 6) is -0.154. The number of halogens is 3. The molecule has 1 aromatic heterocycles. The molecule has 1 fully saturated rings. The van der Waals surface area contributed by atoms with Gasteiger partial charge in [-0.2, -0.15) is 13.2 Å². The molecule has 0 spiro atoms. The largest absolute Gasteiger partial charge is 0.416 e. The molecule has 1 aliphatic rings. The molecule has 6 nitrogen and oxygen atoms in total. The second-order valence-corrected chi connectivity index (χ2v) is 8.57. The van der Waals surface area contributed by atoms with E-state index in [2.05, 4.69) is 10.3 Å². The van der Waals surface area contributed by atoms with Crippen LogP contribution in [0.3, 0.4) is 0 Å². The number of nitrogens with one attached hydrogen (secondary N) is 1. The second kappa shape index (κ2) is 8.70. The van der Waals surface area contributed by atoms with Crippen LogP contribution in [-0.2, 0) is 12.7 Å². The number of aromatic nitrogens is 1. The van der Waals surface area contributed by atoms with Gasteiger partial charge in [-0.3, -0.25) is 4.79 Å². The fourth-order valence-electron chi connectivity index (χ4n) is 3.11. The minimum Gasteiger partial charge on any atom is -0.381 e. The van der Waals surface area contributed by atoms with E-state index in [1.807, 2.05) is 25.9 Å². The SMILES string of the molecule is CC(=CC(=O)c1sc(C2CNC(=O)N2Cc2ccc(C(F)(F)F)cc2)nc1C)N(C)C. The fraction of sp³-hybridized carbons (Fsp3) is 0.381. The molecule has 0 saturated carbocycles. The van der Waals surface area contributed by atoms with Gasteiger partial charge in [-0.1, -0.05) is 12.1 Å². The Hall–Kier alpha value is -2.88. The first kappa shape index (κ1) is 22.8. The highest BCUT2D eigenvalue weighted by Crippen LogP contribution is 2.33. The number of benzene rings is 1. The van der Waals surface area contributed by atoms with Crippen molar-refractivity contribution in [3.8, 4) is 0 Å². The molecular formula is C21H23F3N4O2S. The summed E-state index contributed by atoms with van der Waals surface area (Å²) in [6, 6.07) is 4.00. The number of thiazole rings is 1. The Labute approximate surface area is 182 Å². The van der Waals surface area contributed by atoms with E-state index in [9.17, 15) is 22.8 Å². The predicted octanol–water partition coefficient (Wildman–Crippen LogP) is 4.38. The topological polar surface area (TPSA) is 65.5 Å². The van der Waals surface area contributed by atoms with Crippen molar-refractivity contribution in [1.82, 2.24) is 20.1 Å². The lowest BCUT2D eigenvalue weighted by atomic mass is 10.1. The third kappa shape index (κ3) is 5.07. The van der Waals surface area contributed by atoms with Crippen LogP contribution in [0.15, 0.2) is 36.0 Å². The Morgan fingerprint density at radius 3 is 2.55 bits per heavy atom.